The predicted octanol–water partition coefficient (Wildman–Crippen LogP) is 3.60. The van der Waals surface area contributed by atoms with Gasteiger partial charge in [0.15, 0.2) is 0 Å². The van der Waals surface area contributed by atoms with Crippen molar-refractivity contribution in [3.8, 4) is 11.4 Å². The Morgan fingerprint density at radius 2 is 2.15 bits per heavy atom. The quantitative estimate of drug-likeness (QED) is 0.792. The van der Waals surface area contributed by atoms with Gasteiger partial charge < -0.3 is 0 Å². The molecular weight excluding hydrogens is 335 g/mol. The van der Waals surface area contributed by atoms with Gasteiger partial charge in [-0.05, 0) is 40.9 Å². The molecule has 2 atom stereocenters. The first-order chi connectivity index (χ1) is 9.50. The minimum Gasteiger partial charge on any atom is -0.258 e. The SMILES string of the molecule is Fc1ccc(-c2nn3c(c2Br)CCC2C3C2(F)F)nc1. The number of fused-ring (bicyclic) bond motifs is 3. The van der Waals surface area contributed by atoms with Crippen molar-refractivity contribution in [2.75, 3.05) is 0 Å². The molecule has 0 bridgehead atoms. The maximum absolute atomic E-state index is 13.6. The summed E-state index contributed by atoms with van der Waals surface area (Å²) in [6.07, 6.45) is 2.12. The highest BCUT2D eigenvalue weighted by Crippen LogP contribution is 2.63. The summed E-state index contributed by atoms with van der Waals surface area (Å²) in [5.41, 5.74) is 1.73. The molecule has 2 aromatic rings. The molecule has 1 fully saturated rings. The van der Waals surface area contributed by atoms with Gasteiger partial charge in [0.2, 0.25) is 0 Å². The lowest BCUT2D eigenvalue weighted by molar-refractivity contribution is 0.0850. The number of hydrogen-bond acceptors (Lipinski definition) is 2. The van der Waals surface area contributed by atoms with Crippen LogP contribution in [0.3, 0.4) is 0 Å². The third kappa shape index (κ3) is 1.52. The number of hydrogen-bond donors (Lipinski definition) is 0. The minimum atomic E-state index is -2.66. The van der Waals surface area contributed by atoms with Crippen LogP contribution in [0.25, 0.3) is 11.4 Å². The van der Waals surface area contributed by atoms with Crippen LogP contribution in [0.4, 0.5) is 13.2 Å². The number of nitrogens with zero attached hydrogens (tertiary/aromatic N) is 3. The normalized spacial score (nSPS) is 26.0. The van der Waals surface area contributed by atoms with E-state index < -0.39 is 23.7 Å². The van der Waals surface area contributed by atoms with Gasteiger partial charge >= 0.3 is 0 Å². The second kappa shape index (κ2) is 3.84. The molecule has 3 heterocycles. The fraction of sp³-hybridized carbons (Fsp3) is 0.385. The molecule has 2 unspecified atom stereocenters. The number of alkyl halides is 2. The molecule has 2 aliphatic rings. The van der Waals surface area contributed by atoms with Crippen LogP contribution in [0.5, 0.6) is 0 Å². The zero-order chi connectivity index (χ0) is 14.1. The Bertz CT molecular complexity index is 696. The van der Waals surface area contributed by atoms with Crippen LogP contribution in [0, 0.1) is 11.7 Å². The van der Waals surface area contributed by atoms with Crippen molar-refractivity contribution in [3.05, 3.63) is 34.3 Å². The second-order valence-electron chi connectivity index (χ2n) is 5.18. The van der Waals surface area contributed by atoms with Gasteiger partial charge in [-0.1, -0.05) is 0 Å². The summed E-state index contributed by atoms with van der Waals surface area (Å²) in [5.74, 6) is -3.71. The van der Waals surface area contributed by atoms with Crippen molar-refractivity contribution in [1.29, 1.82) is 0 Å². The summed E-state index contributed by atoms with van der Waals surface area (Å²) < 4.78 is 42.3. The van der Waals surface area contributed by atoms with Crippen LogP contribution in [0.2, 0.25) is 0 Å². The molecule has 0 aromatic carbocycles. The van der Waals surface area contributed by atoms with E-state index in [2.05, 4.69) is 26.0 Å². The highest BCUT2D eigenvalue weighted by molar-refractivity contribution is 9.10. The van der Waals surface area contributed by atoms with Gasteiger partial charge in [-0.3, -0.25) is 9.67 Å². The van der Waals surface area contributed by atoms with Crippen molar-refractivity contribution in [1.82, 2.24) is 14.8 Å². The molecule has 0 radical (unpaired) electrons. The van der Waals surface area contributed by atoms with E-state index in [1.807, 2.05) is 0 Å². The summed E-state index contributed by atoms with van der Waals surface area (Å²) in [7, 11) is 0. The summed E-state index contributed by atoms with van der Waals surface area (Å²) in [5, 5.41) is 4.27. The van der Waals surface area contributed by atoms with E-state index in [4.69, 9.17) is 0 Å². The van der Waals surface area contributed by atoms with Crippen LogP contribution in [-0.4, -0.2) is 20.7 Å². The fourth-order valence-corrected chi connectivity index (χ4v) is 3.59. The topological polar surface area (TPSA) is 30.7 Å². The van der Waals surface area contributed by atoms with E-state index in [-0.39, 0.29) is 0 Å². The molecule has 0 spiro atoms. The average molecular weight is 344 g/mol. The van der Waals surface area contributed by atoms with Crippen LogP contribution in [0.1, 0.15) is 18.2 Å². The smallest absolute Gasteiger partial charge is 0.258 e. The first kappa shape index (κ1) is 12.4. The molecule has 3 nitrogen and oxygen atoms in total. The van der Waals surface area contributed by atoms with E-state index in [9.17, 15) is 13.2 Å². The van der Waals surface area contributed by atoms with Crippen molar-refractivity contribution < 1.29 is 13.2 Å². The molecule has 1 aliphatic heterocycles. The zero-order valence-corrected chi connectivity index (χ0v) is 11.7. The van der Waals surface area contributed by atoms with E-state index in [0.29, 0.717) is 28.7 Å². The third-order valence-corrected chi connectivity index (χ3v) is 4.87. The van der Waals surface area contributed by atoms with Gasteiger partial charge in [-0.25, -0.2) is 13.2 Å². The molecule has 20 heavy (non-hydrogen) atoms. The molecule has 4 rings (SSSR count). The Morgan fingerprint density at radius 1 is 1.35 bits per heavy atom. The van der Waals surface area contributed by atoms with Crippen molar-refractivity contribution >= 4 is 15.9 Å². The lowest BCUT2D eigenvalue weighted by atomic mass is 10.1. The van der Waals surface area contributed by atoms with Gasteiger partial charge in [0.1, 0.15) is 17.6 Å². The summed E-state index contributed by atoms with van der Waals surface area (Å²) in [6, 6.07) is 1.94. The van der Waals surface area contributed by atoms with Crippen molar-refractivity contribution in [3.63, 3.8) is 0 Å². The molecule has 104 valence electrons. The highest BCUT2D eigenvalue weighted by atomic mass is 79.9. The number of pyridine rings is 1. The molecule has 2 aromatic heterocycles. The highest BCUT2D eigenvalue weighted by Gasteiger charge is 2.71. The molecule has 0 amide bonds. The van der Waals surface area contributed by atoms with Gasteiger partial charge in [0.25, 0.3) is 5.92 Å². The lowest BCUT2D eigenvalue weighted by Gasteiger charge is -2.10. The molecule has 1 aliphatic carbocycles. The van der Waals surface area contributed by atoms with E-state index in [1.54, 1.807) is 0 Å². The Labute approximate surface area is 120 Å². The summed E-state index contributed by atoms with van der Waals surface area (Å²) in [4.78, 5) is 3.96. The van der Waals surface area contributed by atoms with E-state index in [1.165, 1.54) is 16.8 Å². The zero-order valence-electron chi connectivity index (χ0n) is 10.2. The monoisotopic (exact) mass is 343 g/mol. The Kier molecular flexibility index (Phi) is 2.38. The number of aromatic nitrogens is 3. The maximum atomic E-state index is 13.6. The Morgan fingerprint density at radius 3 is 2.85 bits per heavy atom. The first-order valence-electron chi connectivity index (χ1n) is 6.26. The van der Waals surface area contributed by atoms with Gasteiger partial charge in [-0.2, -0.15) is 5.10 Å². The molecular formula is C13H9BrF3N3. The van der Waals surface area contributed by atoms with Crippen LogP contribution < -0.4 is 0 Å². The maximum Gasteiger partial charge on any atom is 0.275 e. The predicted molar refractivity (Wildman–Crippen MR) is 68.9 cm³/mol. The van der Waals surface area contributed by atoms with Crippen LogP contribution in [0.15, 0.2) is 22.8 Å². The summed E-state index contributed by atoms with van der Waals surface area (Å²) in [6.45, 7) is 0. The molecule has 0 saturated heterocycles. The van der Waals surface area contributed by atoms with Gasteiger partial charge in [0.05, 0.1) is 28.0 Å². The Hall–Kier alpha value is -1.37. The average Bonchev–Trinajstić information content (AvgIpc) is 2.83. The van der Waals surface area contributed by atoms with Gasteiger partial charge in [-0.15, -0.1) is 0 Å². The lowest BCUT2D eigenvalue weighted by Crippen LogP contribution is -2.10. The molecule has 7 heteroatoms. The first-order valence-corrected chi connectivity index (χ1v) is 7.06. The van der Waals surface area contributed by atoms with E-state index >= 15 is 0 Å². The largest absolute Gasteiger partial charge is 0.275 e. The van der Waals surface area contributed by atoms with Gasteiger partial charge in [0, 0.05) is 0 Å². The number of rotatable bonds is 1. The molecule has 0 N–H and O–H groups in total. The van der Waals surface area contributed by atoms with Crippen molar-refractivity contribution in [2.45, 2.75) is 24.8 Å². The number of halogens is 4. The second-order valence-corrected chi connectivity index (χ2v) is 5.97. The minimum absolute atomic E-state index is 0.442. The van der Waals surface area contributed by atoms with Crippen LogP contribution >= 0.6 is 15.9 Å². The van der Waals surface area contributed by atoms with Crippen molar-refractivity contribution in [2.24, 2.45) is 5.92 Å². The Balaban J connectivity index is 1.82. The molecule has 1 saturated carbocycles. The summed E-state index contributed by atoms with van der Waals surface area (Å²) >= 11 is 3.41. The fourth-order valence-electron chi connectivity index (χ4n) is 2.93. The van der Waals surface area contributed by atoms with E-state index in [0.717, 1.165) is 11.9 Å². The standard InChI is InChI=1S/C13H9BrF3N3/c14-10-9-4-2-7-12(13(7,16)17)20(9)19-11(10)8-3-1-6(15)5-18-8/h1,3,5,7,12H,2,4H2. The van der Waals surface area contributed by atoms with Crippen LogP contribution in [-0.2, 0) is 6.42 Å². The third-order valence-electron chi connectivity index (χ3n) is 4.03.